The van der Waals surface area contributed by atoms with Crippen LogP contribution in [0.1, 0.15) is 56.0 Å². The number of primary amides is 1. The minimum Gasteiger partial charge on any atom is -0.493 e. The summed E-state index contributed by atoms with van der Waals surface area (Å²) in [6.07, 6.45) is 1.42. The van der Waals surface area contributed by atoms with Gasteiger partial charge in [0.2, 0.25) is 5.91 Å². The van der Waals surface area contributed by atoms with E-state index < -0.39 is 5.41 Å². The summed E-state index contributed by atoms with van der Waals surface area (Å²) in [7, 11) is 0. The topological polar surface area (TPSA) is 72.6 Å². The van der Waals surface area contributed by atoms with Crippen molar-refractivity contribution in [3.05, 3.63) is 65.5 Å². The van der Waals surface area contributed by atoms with Crippen LogP contribution in [-0.2, 0) is 10.2 Å². The van der Waals surface area contributed by atoms with Crippen molar-refractivity contribution in [2.24, 2.45) is 11.1 Å². The summed E-state index contributed by atoms with van der Waals surface area (Å²) in [5, 5.41) is 0. The molecule has 0 radical (unpaired) electrons. The van der Waals surface area contributed by atoms with Crippen LogP contribution in [0.3, 0.4) is 0 Å². The number of rotatable bonds is 6. The number of carbonyl (C=O) groups excluding carboxylic acids is 2. The Kier molecular flexibility index (Phi) is 6.68. The molecule has 0 saturated carbocycles. The number of halogens is 1. The molecule has 0 atom stereocenters. The predicted molar refractivity (Wildman–Crippen MR) is 118 cm³/mol. The third-order valence-electron chi connectivity index (χ3n) is 6.02. The fraction of sp³-hybridized carbons (Fsp3) is 0.440. The molecule has 5 nitrogen and oxygen atoms in total. The Labute approximate surface area is 183 Å². The van der Waals surface area contributed by atoms with Crippen LogP contribution in [0.4, 0.5) is 4.39 Å². The lowest BCUT2D eigenvalue weighted by molar-refractivity contribution is -0.121. The second-order valence-corrected chi connectivity index (χ2v) is 9.51. The van der Waals surface area contributed by atoms with Gasteiger partial charge in [0.25, 0.3) is 5.91 Å². The van der Waals surface area contributed by atoms with Gasteiger partial charge in [0.05, 0.1) is 6.61 Å². The summed E-state index contributed by atoms with van der Waals surface area (Å²) < 4.78 is 19.0. The van der Waals surface area contributed by atoms with E-state index in [4.69, 9.17) is 10.5 Å². The first kappa shape index (κ1) is 22.8. The van der Waals surface area contributed by atoms with Crippen molar-refractivity contribution >= 4 is 11.8 Å². The summed E-state index contributed by atoms with van der Waals surface area (Å²) in [5.41, 5.74) is 6.95. The zero-order valence-corrected chi connectivity index (χ0v) is 18.5. The predicted octanol–water partition coefficient (Wildman–Crippen LogP) is 4.30. The lowest BCUT2D eigenvalue weighted by Crippen LogP contribution is -2.47. The molecule has 1 heterocycles. The summed E-state index contributed by atoms with van der Waals surface area (Å²) in [6, 6.07) is 13.6. The Balaban J connectivity index is 1.65. The van der Waals surface area contributed by atoms with Gasteiger partial charge >= 0.3 is 0 Å². The van der Waals surface area contributed by atoms with E-state index in [1.54, 1.807) is 12.1 Å². The van der Waals surface area contributed by atoms with Gasteiger partial charge in [-0.1, -0.05) is 32.9 Å². The van der Waals surface area contributed by atoms with E-state index in [0.29, 0.717) is 43.9 Å². The van der Waals surface area contributed by atoms with Crippen molar-refractivity contribution < 1.29 is 18.7 Å². The van der Waals surface area contributed by atoms with Crippen molar-refractivity contribution in [2.45, 2.75) is 45.4 Å². The van der Waals surface area contributed by atoms with Gasteiger partial charge in [0.1, 0.15) is 11.6 Å². The zero-order chi connectivity index (χ0) is 22.6. The maximum absolute atomic E-state index is 13.1. The van der Waals surface area contributed by atoms with E-state index in [1.807, 2.05) is 29.2 Å². The van der Waals surface area contributed by atoms with Crippen molar-refractivity contribution in [3.8, 4) is 5.75 Å². The van der Waals surface area contributed by atoms with Crippen LogP contribution in [0.5, 0.6) is 5.75 Å². The van der Waals surface area contributed by atoms with Crippen LogP contribution in [0.25, 0.3) is 0 Å². The number of hydrogen-bond donors (Lipinski definition) is 1. The van der Waals surface area contributed by atoms with Crippen molar-refractivity contribution in [2.75, 3.05) is 19.7 Å². The average molecular weight is 427 g/mol. The smallest absolute Gasteiger partial charge is 0.253 e. The summed E-state index contributed by atoms with van der Waals surface area (Å²) >= 11 is 0. The number of hydrogen-bond acceptors (Lipinski definition) is 3. The lowest BCUT2D eigenvalue weighted by atomic mass is 9.76. The Morgan fingerprint density at radius 2 is 1.61 bits per heavy atom. The van der Waals surface area contributed by atoms with E-state index in [2.05, 4.69) is 20.8 Å². The molecule has 3 rings (SSSR count). The molecule has 2 N–H and O–H groups in total. The van der Waals surface area contributed by atoms with Crippen LogP contribution >= 0.6 is 0 Å². The maximum Gasteiger partial charge on any atom is 0.253 e. The van der Waals surface area contributed by atoms with E-state index in [9.17, 15) is 14.0 Å². The summed E-state index contributed by atoms with van der Waals surface area (Å²) in [4.78, 5) is 26.5. The van der Waals surface area contributed by atoms with Gasteiger partial charge in [0.15, 0.2) is 0 Å². The third-order valence-corrected chi connectivity index (χ3v) is 6.02. The minimum absolute atomic E-state index is 0.00686. The first-order valence-electron chi connectivity index (χ1n) is 10.6. The van der Waals surface area contributed by atoms with Crippen LogP contribution in [0.2, 0.25) is 0 Å². The Hall–Kier alpha value is -2.89. The number of amides is 2. The number of ether oxygens (including phenoxy) is 1. The van der Waals surface area contributed by atoms with Crippen molar-refractivity contribution in [3.63, 3.8) is 0 Å². The first-order chi connectivity index (χ1) is 14.6. The van der Waals surface area contributed by atoms with Gasteiger partial charge in [-0.15, -0.1) is 0 Å². The quantitative estimate of drug-likeness (QED) is 0.749. The van der Waals surface area contributed by atoms with Crippen LogP contribution in [-0.4, -0.2) is 36.4 Å². The highest BCUT2D eigenvalue weighted by molar-refractivity contribution is 5.94. The largest absolute Gasteiger partial charge is 0.493 e. The molecular formula is C25H31FN2O3. The standard InChI is InChI=1S/C25H31FN2O3/c1-24(2,3)19-6-4-18(5-7-19)23(30)28-14-12-25(13-15-28,16-22(27)29)17-31-21-10-8-20(26)9-11-21/h4-11H,12-17H2,1-3H3,(H2,27,29). The number of likely N-dealkylation sites (tertiary alicyclic amines) is 1. The zero-order valence-electron chi connectivity index (χ0n) is 18.5. The van der Waals surface area contributed by atoms with Gasteiger partial charge in [-0.25, -0.2) is 4.39 Å². The number of carbonyl (C=O) groups is 2. The molecule has 0 spiro atoms. The average Bonchev–Trinajstić information content (AvgIpc) is 2.72. The fourth-order valence-corrected chi connectivity index (χ4v) is 3.99. The van der Waals surface area contributed by atoms with Crippen LogP contribution < -0.4 is 10.5 Å². The molecule has 2 aromatic carbocycles. The molecule has 1 aliphatic rings. The minimum atomic E-state index is -0.437. The molecule has 0 aromatic heterocycles. The van der Waals surface area contributed by atoms with Gasteiger partial charge < -0.3 is 15.4 Å². The molecule has 1 saturated heterocycles. The van der Waals surface area contributed by atoms with Crippen molar-refractivity contribution in [1.82, 2.24) is 4.90 Å². The van der Waals surface area contributed by atoms with Gasteiger partial charge in [-0.2, -0.15) is 0 Å². The maximum atomic E-state index is 13.1. The van der Waals surface area contributed by atoms with E-state index in [0.717, 1.165) is 0 Å². The molecule has 166 valence electrons. The highest BCUT2D eigenvalue weighted by atomic mass is 19.1. The fourth-order valence-electron chi connectivity index (χ4n) is 3.99. The molecule has 2 aromatic rings. The van der Waals surface area contributed by atoms with Crippen molar-refractivity contribution in [1.29, 1.82) is 0 Å². The summed E-state index contributed by atoms with van der Waals surface area (Å²) in [6.45, 7) is 7.77. The van der Waals surface area contributed by atoms with E-state index >= 15 is 0 Å². The molecule has 0 unspecified atom stereocenters. The third kappa shape index (κ3) is 5.84. The molecule has 0 aliphatic carbocycles. The molecule has 6 heteroatoms. The molecule has 31 heavy (non-hydrogen) atoms. The highest BCUT2D eigenvalue weighted by Crippen LogP contribution is 2.36. The number of nitrogens with two attached hydrogens (primary N) is 1. The SMILES string of the molecule is CC(C)(C)c1ccc(C(=O)N2CCC(COc3ccc(F)cc3)(CC(N)=O)CC2)cc1. The second-order valence-electron chi connectivity index (χ2n) is 9.51. The Morgan fingerprint density at radius 1 is 1.03 bits per heavy atom. The molecule has 1 fully saturated rings. The lowest BCUT2D eigenvalue weighted by Gasteiger charge is -2.41. The number of piperidine rings is 1. The number of nitrogens with zero attached hydrogens (tertiary/aromatic N) is 1. The van der Waals surface area contributed by atoms with Gasteiger partial charge in [-0.05, 0) is 60.2 Å². The molecule has 0 bridgehead atoms. The number of benzene rings is 2. The normalized spacial score (nSPS) is 16.1. The van der Waals surface area contributed by atoms with Gasteiger partial charge in [-0.3, -0.25) is 9.59 Å². The monoisotopic (exact) mass is 426 g/mol. The van der Waals surface area contributed by atoms with Crippen LogP contribution in [0, 0.1) is 11.2 Å². The molecule has 2 amide bonds. The molecule has 1 aliphatic heterocycles. The van der Waals surface area contributed by atoms with E-state index in [1.165, 1.54) is 17.7 Å². The first-order valence-corrected chi connectivity index (χ1v) is 10.6. The van der Waals surface area contributed by atoms with Gasteiger partial charge in [0, 0.05) is 30.5 Å². The second kappa shape index (κ2) is 9.08. The van der Waals surface area contributed by atoms with Crippen LogP contribution in [0.15, 0.2) is 48.5 Å². The molecular weight excluding hydrogens is 395 g/mol. The van der Waals surface area contributed by atoms with E-state index in [-0.39, 0.29) is 29.5 Å². The Morgan fingerprint density at radius 3 is 2.13 bits per heavy atom. The Bertz CT molecular complexity index is 909. The summed E-state index contributed by atoms with van der Waals surface area (Å²) in [5.74, 6) is -0.183. The highest BCUT2D eigenvalue weighted by Gasteiger charge is 2.38.